The van der Waals surface area contributed by atoms with Gasteiger partial charge < -0.3 is 15.4 Å². The van der Waals surface area contributed by atoms with Crippen LogP contribution in [0.2, 0.25) is 15.1 Å². The van der Waals surface area contributed by atoms with Crippen molar-refractivity contribution < 1.29 is 14.3 Å². The quantitative estimate of drug-likeness (QED) is 0.102. The van der Waals surface area contributed by atoms with Crippen molar-refractivity contribution in [3.05, 3.63) is 122 Å². The average molecular weight is 665 g/mol. The third kappa shape index (κ3) is 8.36. The van der Waals surface area contributed by atoms with Crippen LogP contribution in [0.3, 0.4) is 0 Å². The molecule has 1 heterocycles. The Labute approximate surface area is 272 Å². The van der Waals surface area contributed by atoms with E-state index in [0.29, 0.717) is 21.8 Å². The molecular weight excluding hydrogens is 641 g/mol. The molecule has 222 valence electrons. The molecule has 0 aliphatic carbocycles. The smallest absolute Gasteiger partial charge is 0.271 e. The van der Waals surface area contributed by atoms with Crippen molar-refractivity contribution in [2.24, 2.45) is 5.10 Å². The predicted molar refractivity (Wildman–Crippen MR) is 179 cm³/mol. The molecule has 0 saturated carbocycles. The number of aromatic nitrogens is 1. The zero-order valence-corrected chi connectivity index (χ0v) is 26.2. The maximum atomic E-state index is 12.6. The van der Waals surface area contributed by atoms with Gasteiger partial charge in [0.2, 0.25) is 0 Å². The number of ether oxygens (including phenoxy) is 1. The number of nitrogens with one attached hydrogen (secondary N) is 3. The molecule has 3 N–H and O–H groups in total. The number of thiazole rings is 1. The average Bonchev–Trinajstić information content (AvgIpc) is 3.46. The van der Waals surface area contributed by atoms with Crippen LogP contribution in [0.1, 0.15) is 21.5 Å². The number of carbonyl (C=O) groups excluding carboxylic acids is 2. The Morgan fingerprint density at radius 2 is 1.66 bits per heavy atom. The van der Waals surface area contributed by atoms with Crippen LogP contribution in [0.5, 0.6) is 5.75 Å². The number of carbonyl (C=O) groups is 2. The van der Waals surface area contributed by atoms with Gasteiger partial charge in [-0.25, -0.2) is 10.4 Å². The van der Waals surface area contributed by atoms with Gasteiger partial charge in [-0.3, -0.25) is 9.59 Å². The molecule has 44 heavy (non-hydrogen) atoms. The van der Waals surface area contributed by atoms with Crippen molar-refractivity contribution in [3.63, 3.8) is 0 Å². The summed E-state index contributed by atoms with van der Waals surface area (Å²) in [5.74, 6) is -0.582. The van der Waals surface area contributed by atoms with Crippen LogP contribution in [0.15, 0.2) is 95.4 Å². The summed E-state index contributed by atoms with van der Waals surface area (Å²) in [6.07, 6.45) is 1.41. The topological polar surface area (TPSA) is 105 Å². The minimum absolute atomic E-state index is 0.169. The number of nitrogens with zero attached hydrogens (tertiary/aromatic N) is 2. The summed E-state index contributed by atoms with van der Waals surface area (Å²) in [7, 11) is 0. The SMILES string of the molecule is Cc1cccc(NC(=O)COc2c(Cl)cc(/C=N\NC(=O)c3ccc(-c4csc(Nc5ccc(Cl)cc5)n4)cc3)cc2Cl)c1. The van der Waals surface area contributed by atoms with Crippen LogP contribution in [0, 0.1) is 6.92 Å². The number of benzene rings is 4. The summed E-state index contributed by atoms with van der Waals surface area (Å²) in [6, 6.07) is 24.9. The fraction of sp³-hybridized carbons (Fsp3) is 0.0625. The number of hydrogen-bond acceptors (Lipinski definition) is 7. The highest BCUT2D eigenvalue weighted by Crippen LogP contribution is 2.34. The summed E-state index contributed by atoms with van der Waals surface area (Å²) in [5.41, 5.74) is 7.65. The Kier molecular flexibility index (Phi) is 10.1. The third-order valence-corrected chi connectivity index (χ3v) is 7.66. The molecule has 0 spiro atoms. The van der Waals surface area contributed by atoms with Gasteiger partial charge in [0.15, 0.2) is 17.5 Å². The molecule has 5 rings (SSSR count). The minimum atomic E-state index is -0.395. The van der Waals surface area contributed by atoms with Crippen molar-refractivity contribution in [3.8, 4) is 17.0 Å². The van der Waals surface area contributed by atoms with E-state index in [1.807, 2.05) is 54.8 Å². The van der Waals surface area contributed by atoms with Gasteiger partial charge in [0.25, 0.3) is 11.8 Å². The Hall–Kier alpha value is -4.41. The van der Waals surface area contributed by atoms with Gasteiger partial charge in [-0.2, -0.15) is 5.10 Å². The van der Waals surface area contributed by atoms with Gasteiger partial charge in [-0.15, -0.1) is 11.3 Å². The molecule has 2 amide bonds. The lowest BCUT2D eigenvalue weighted by molar-refractivity contribution is -0.118. The number of hydrazone groups is 1. The molecule has 8 nitrogen and oxygen atoms in total. The number of rotatable bonds is 10. The van der Waals surface area contributed by atoms with Crippen molar-refractivity contribution in [2.75, 3.05) is 17.2 Å². The van der Waals surface area contributed by atoms with Crippen LogP contribution in [0.25, 0.3) is 11.3 Å². The highest BCUT2D eigenvalue weighted by molar-refractivity contribution is 7.14. The molecule has 0 saturated heterocycles. The Morgan fingerprint density at radius 1 is 0.932 bits per heavy atom. The van der Waals surface area contributed by atoms with Crippen molar-refractivity contribution in [2.45, 2.75) is 6.92 Å². The van der Waals surface area contributed by atoms with E-state index < -0.39 is 5.91 Å². The van der Waals surface area contributed by atoms with Crippen LogP contribution < -0.4 is 20.8 Å². The predicted octanol–water partition coefficient (Wildman–Crippen LogP) is 8.60. The van der Waals surface area contributed by atoms with Gasteiger partial charge in [-0.05, 0) is 78.7 Å². The highest BCUT2D eigenvalue weighted by atomic mass is 35.5. The minimum Gasteiger partial charge on any atom is -0.481 e. The van der Waals surface area contributed by atoms with Crippen molar-refractivity contribution >= 4 is 80.7 Å². The standard InChI is InChI=1S/C32H24Cl3N5O3S/c1-19-3-2-4-25(13-19)37-29(41)17-43-30-26(34)14-20(15-27(30)35)16-36-40-31(42)22-7-5-21(6-8-22)28-18-44-32(39-28)38-24-11-9-23(33)10-12-24/h2-16,18H,17H2,1H3,(H,37,41)(H,38,39)(H,40,42)/b36-16-. The lowest BCUT2D eigenvalue weighted by Crippen LogP contribution is -2.20. The molecule has 1 aromatic heterocycles. The van der Waals surface area contributed by atoms with Crippen LogP contribution in [0.4, 0.5) is 16.5 Å². The van der Waals surface area contributed by atoms with Gasteiger partial charge in [0, 0.05) is 32.9 Å². The van der Waals surface area contributed by atoms with Gasteiger partial charge in [0.05, 0.1) is 22.0 Å². The molecule has 12 heteroatoms. The molecule has 0 aliphatic heterocycles. The summed E-state index contributed by atoms with van der Waals surface area (Å²) < 4.78 is 5.56. The lowest BCUT2D eigenvalue weighted by atomic mass is 10.1. The molecule has 0 atom stereocenters. The van der Waals surface area contributed by atoms with E-state index in [9.17, 15) is 9.59 Å². The second kappa shape index (κ2) is 14.4. The van der Waals surface area contributed by atoms with Gasteiger partial charge in [0.1, 0.15) is 0 Å². The summed E-state index contributed by atoms with van der Waals surface area (Å²) in [5, 5.41) is 13.7. The number of halogens is 3. The van der Waals surface area contributed by atoms with E-state index in [0.717, 1.165) is 27.6 Å². The fourth-order valence-corrected chi connectivity index (χ4v) is 5.47. The Balaban J connectivity index is 1.13. The van der Waals surface area contributed by atoms with Crippen molar-refractivity contribution in [1.82, 2.24) is 10.4 Å². The number of amides is 2. The monoisotopic (exact) mass is 663 g/mol. The fourth-order valence-electron chi connectivity index (χ4n) is 3.99. The summed E-state index contributed by atoms with van der Waals surface area (Å²) in [4.78, 5) is 29.5. The zero-order chi connectivity index (χ0) is 31.1. The molecule has 0 unspecified atom stereocenters. The normalized spacial score (nSPS) is 10.9. The first kappa shape index (κ1) is 31.0. The molecule has 0 radical (unpaired) electrons. The number of anilines is 3. The lowest BCUT2D eigenvalue weighted by Gasteiger charge is -2.11. The molecule has 0 bridgehead atoms. The van der Waals surface area contributed by atoms with E-state index in [2.05, 4.69) is 26.1 Å². The maximum absolute atomic E-state index is 12.6. The first-order valence-electron chi connectivity index (χ1n) is 13.1. The number of hydrogen-bond donors (Lipinski definition) is 3. The van der Waals surface area contributed by atoms with E-state index >= 15 is 0 Å². The van der Waals surface area contributed by atoms with Gasteiger partial charge in [-0.1, -0.05) is 59.1 Å². The van der Waals surface area contributed by atoms with E-state index in [1.165, 1.54) is 17.6 Å². The van der Waals surface area contributed by atoms with Crippen LogP contribution >= 0.6 is 46.1 Å². The second-order valence-corrected chi connectivity index (χ2v) is 11.6. The molecule has 0 fully saturated rings. The molecule has 0 aliphatic rings. The van der Waals surface area contributed by atoms with Crippen LogP contribution in [-0.2, 0) is 4.79 Å². The van der Waals surface area contributed by atoms with E-state index in [4.69, 9.17) is 39.5 Å². The second-order valence-electron chi connectivity index (χ2n) is 9.47. The Bertz CT molecular complexity index is 1800. The highest BCUT2D eigenvalue weighted by Gasteiger charge is 2.13. The zero-order valence-electron chi connectivity index (χ0n) is 23.1. The molecular formula is C32H24Cl3N5O3S. The first-order valence-corrected chi connectivity index (χ1v) is 15.2. The first-order chi connectivity index (χ1) is 21.2. The van der Waals surface area contributed by atoms with Crippen LogP contribution in [-0.4, -0.2) is 29.6 Å². The maximum Gasteiger partial charge on any atom is 0.271 e. The van der Waals surface area contributed by atoms with E-state index in [1.54, 1.807) is 42.5 Å². The largest absolute Gasteiger partial charge is 0.481 e. The summed E-state index contributed by atoms with van der Waals surface area (Å²) >= 11 is 20.1. The van der Waals surface area contributed by atoms with Gasteiger partial charge >= 0.3 is 0 Å². The molecule has 4 aromatic carbocycles. The van der Waals surface area contributed by atoms with Crippen molar-refractivity contribution in [1.29, 1.82) is 0 Å². The molecule has 5 aromatic rings. The summed E-state index contributed by atoms with van der Waals surface area (Å²) in [6.45, 7) is 1.65. The van der Waals surface area contributed by atoms with E-state index in [-0.39, 0.29) is 28.3 Å². The third-order valence-electron chi connectivity index (χ3n) is 6.09. The number of aryl methyl sites for hydroxylation is 1. The Morgan fingerprint density at radius 3 is 2.36 bits per heavy atom.